The fourth-order valence-corrected chi connectivity index (χ4v) is 3.96. The fraction of sp³-hybridized carbons (Fsp3) is 0.0909. The SMILES string of the molecule is O=C(O)c1cc(-c2ccc3c4c(cccc24)CC3)nc2ccccc12. The van der Waals surface area contributed by atoms with Crippen LogP contribution in [0.5, 0.6) is 0 Å². The molecule has 1 aliphatic carbocycles. The smallest absolute Gasteiger partial charge is 0.336 e. The molecule has 25 heavy (non-hydrogen) atoms. The Labute approximate surface area is 144 Å². The predicted molar refractivity (Wildman–Crippen MR) is 99.1 cm³/mol. The minimum atomic E-state index is -0.925. The normalized spacial score (nSPS) is 12.8. The van der Waals surface area contributed by atoms with Gasteiger partial charge in [0.15, 0.2) is 0 Å². The molecular formula is C22H15NO2. The summed E-state index contributed by atoms with van der Waals surface area (Å²) in [6.07, 6.45) is 2.14. The highest BCUT2D eigenvalue weighted by Crippen LogP contribution is 2.37. The number of carbonyl (C=O) groups is 1. The van der Waals surface area contributed by atoms with Crippen LogP contribution < -0.4 is 0 Å². The molecule has 0 radical (unpaired) electrons. The third kappa shape index (κ3) is 2.06. The van der Waals surface area contributed by atoms with Gasteiger partial charge in [0.25, 0.3) is 0 Å². The Hall–Kier alpha value is -3.20. The summed E-state index contributed by atoms with van der Waals surface area (Å²) in [6.45, 7) is 0. The van der Waals surface area contributed by atoms with E-state index >= 15 is 0 Å². The van der Waals surface area contributed by atoms with Crippen LogP contribution in [0.3, 0.4) is 0 Å². The number of aryl methyl sites for hydroxylation is 2. The molecule has 1 N–H and O–H groups in total. The molecule has 5 rings (SSSR count). The molecule has 0 fully saturated rings. The molecule has 0 saturated heterocycles. The standard InChI is InChI=1S/C22H15NO2/c24-22(25)18-12-20(23-19-7-2-1-5-15(18)19)16-11-10-14-9-8-13-4-3-6-17(16)21(13)14/h1-7,10-12H,8-9H2,(H,24,25). The second-order valence-electron chi connectivity index (χ2n) is 6.49. The zero-order valence-corrected chi connectivity index (χ0v) is 13.5. The minimum absolute atomic E-state index is 0.295. The Morgan fingerprint density at radius 3 is 2.48 bits per heavy atom. The van der Waals surface area contributed by atoms with Crippen LogP contribution >= 0.6 is 0 Å². The number of benzene rings is 3. The van der Waals surface area contributed by atoms with Crippen molar-refractivity contribution in [1.82, 2.24) is 4.98 Å². The molecule has 4 aromatic rings. The van der Waals surface area contributed by atoms with E-state index in [0.717, 1.165) is 23.8 Å². The summed E-state index contributed by atoms with van der Waals surface area (Å²) in [5, 5.41) is 12.8. The Morgan fingerprint density at radius 1 is 0.880 bits per heavy atom. The molecule has 3 nitrogen and oxygen atoms in total. The summed E-state index contributed by atoms with van der Waals surface area (Å²) in [5.74, 6) is -0.925. The highest BCUT2D eigenvalue weighted by Gasteiger charge is 2.18. The van der Waals surface area contributed by atoms with Crippen LogP contribution in [0, 0.1) is 0 Å². The largest absolute Gasteiger partial charge is 0.478 e. The third-order valence-corrected chi connectivity index (χ3v) is 5.10. The summed E-state index contributed by atoms with van der Waals surface area (Å²) >= 11 is 0. The number of pyridine rings is 1. The van der Waals surface area contributed by atoms with E-state index in [1.807, 2.05) is 24.3 Å². The second kappa shape index (κ2) is 5.15. The topological polar surface area (TPSA) is 50.2 Å². The molecule has 0 aliphatic heterocycles. The molecule has 1 aromatic heterocycles. The number of aromatic nitrogens is 1. The van der Waals surface area contributed by atoms with Gasteiger partial charge in [-0.25, -0.2) is 9.78 Å². The van der Waals surface area contributed by atoms with Crippen molar-refractivity contribution < 1.29 is 9.90 Å². The van der Waals surface area contributed by atoms with Gasteiger partial charge in [0.1, 0.15) is 0 Å². The summed E-state index contributed by atoms with van der Waals surface area (Å²) in [4.78, 5) is 16.5. The highest BCUT2D eigenvalue weighted by molar-refractivity contribution is 6.06. The van der Waals surface area contributed by atoms with Crippen molar-refractivity contribution in [2.24, 2.45) is 0 Å². The van der Waals surface area contributed by atoms with E-state index in [-0.39, 0.29) is 0 Å². The first-order valence-corrected chi connectivity index (χ1v) is 8.39. The quantitative estimate of drug-likeness (QED) is 0.573. The van der Waals surface area contributed by atoms with Gasteiger partial charge in [0.05, 0.1) is 16.8 Å². The van der Waals surface area contributed by atoms with Gasteiger partial charge in [-0.2, -0.15) is 0 Å². The van der Waals surface area contributed by atoms with Gasteiger partial charge in [0, 0.05) is 10.9 Å². The summed E-state index contributed by atoms with van der Waals surface area (Å²) in [6, 6.07) is 19.7. The average molecular weight is 325 g/mol. The van der Waals surface area contributed by atoms with E-state index in [1.54, 1.807) is 6.07 Å². The van der Waals surface area contributed by atoms with E-state index in [0.29, 0.717) is 22.2 Å². The lowest BCUT2D eigenvalue weighted by Crippen LogP contribution is -2.00. The zero-order valence-electron chi connectivity index (χ0n) is 13.5. The molecule has 0 spiro atoms. The van der Waals surface area contributed by atoms with Crippen molar-refractivity contribution in [3.05, 3.63) is 77.4 Å². The number of fused-ring (bicyclic) bond motifs is 1. The number of rotatable bonds is 2. The van der Waals surface area contributed by atoms with Crippen molar-refractivity contribution in [1.29, 1.82) is 0 Å². The van der Waals surface area contributed by atoms with Crippen molar-refractivity contribution in [2.75, 3.05) is 0 Å². The van der Waals surface area contributed by atoms with E-state index in [9.17, 15) is 9.90 Å². The van der Waals surface area contributed by atoms with E-state index in [4.69, 9.17) is 4.98 Å². The molecule has 3 heteroatoms. The monoisotopic (exact) mass is 325 g/mol. The number of carboxylic acids is 1. The number of hydrogen-bond acceptors (Lipinski definition) is 2. The molecule has 1 heterocycles. The molecule has 120 valence electrons. The zero-order chi connectivity index (χ0) is 17.0. The molecular weight excluding hydrogens is 310 g/mol. The number of carboxylic acid groups (broad SMARTS) is 1. The minimum Gasteiger partial charge on any atom is -0.478 e. The lowest BCUT2D eigenvalue weighted by atomic mass is 9.96. The van der Waals surface area contributed by atoms with E-state index in [2.05, 4.69) is 30.3 Å². The lowest BCUT2D eigenvalue weighted by molar-refractivity contribution is 0.0699. The van der Waals surface area contributed by atoms with Crippen molar-refractivity contribution >= 4 is 27.6 Å². The third-order valence-electron chi connectivity index (χ3n) is 5.10. The van der Waals surface area contributed by atoms with Gasteiger partial charge in [-0.05, 0) is 46.9 Å². The van der Waals surface area contributed by atoms with Crippen LogP contribution in [0.25, 0.3) is 32.9 Å². The molecule has 0 saturated carbocycles. The molecule has 0 unspecified atom stereocenters. The Balaban J connectivity index is 1.86. The number of hydrogen-bond donors (Lipinski definition) is 1. The molecule has 0 bridgehead atoms. The first kappa shape index (κ1) is 14.2. The molecule has 0 amide bonds. The molecule has 1 aliphatic rings. The van der Waals surface area contributed by atoms with Crippen LogP contribution in [0.2, 0.25) is 0 Å². The Kier molecular flexibility index (Phi) is 2.92. The van der Waals surface area contributed by atoms with Crippen LogP contribution in [-0.4, -0.2) is 16.1 Å². The van der Waals surface area contributed by atoms with Crippen molar-refractivity contribution in [2.45, 2.75) is 12.8 Å². The maximum absolute atomic E-state index is 11.8. The predicted octanol–water partition coefficient (Wildman–Crippen LogP) is 4.85. The first-order valence-electron chi connectivity index (χ1n) is 8.39. The lowest BCUT2D eigenvalue weighted by Gasteiger charge is -2.11. The Bertz CT molecular complexity index is 1170. The second-order valence-corrected chi connectivity index (χ2v) is 6.49. The van der Waals surface area contributed by atoms with Crippen molar-refractivity contribution in [3.63, 3.8) is 0 Å². The van der Waals surface area contributed by atoms with Gasteiger partial charge < -0.3 is 5.11 Å². The summed E-state index contributed by atoms with van der Waals surface area (Å²) in [5.41, 5.74) is 5.45. The maximum atomic E-state index is 11.8. The number of aromatic carboxylic acids is 1. The maximum Gasteiger partial charge on any atom is 0.336 e. The molecule has 3 aromatic carbocycles. The van der Waals surface area contributed by atoms with E-state index in [1.165, 1.54) is 16.5 Å². The van der Waals surface area contributed by atoms with E-state index < -0.39 is 5.97 Å². The van der Waals surface area contributed by atoms with Gasteiger partial charge in [-0.1, -0.05) is 48.5 Å². The summed E-state index contributed by atoms with van der Waals surface area (Å²) < 4.78 is 0. The number of para-hydroxylation sites is 1. The number of nitrogens with zero attached hydrogens (tertiary/aromatic N) is 1. The fourth-order valence-electron chi connectivity index (χ4n) is 3.96. The Morgan fingerprint density at radius 2 is 1.64 bits per heavy atom. The van der Waals surface area contributed by atoms with Crippen LogP contribution in [-0.2, 0) is 12.8 Å². The van der Waals surface area contributed by atoms with Crippen molar-refractivity contribution in [3.8, 4) is 11.3 Å². The average Bonchev–Trinajstić information content (AvgIpc) is 3.06. The van der Waals surface area contributed by atoms with Gasteiger partial charge in [-0.3, -0.25) is 0 Å². The summed E-state index contributed by atoms with van der Waals surface area (Å²) in [7, 11) is 0. The van der Waals surface area contributed by atoms with Gasteiger partial charge >= 0.3 is 5.97 Å². The van der Waals surface area contributed by atoms with Gasteiger partial charge in [0.2, 0.25) is 0 Å². The van der Waals surface area contributed by atoms with Crippen LogP contribution in [0.1, 0.15) is 21.5 Å². The molecule has 0 atom stereocenters. The van der Waals surface area contributed by atoms with Crippen LogP contribution in [0.4, 0.5) is 0 Å². The van der Waals surface area contributed by atoms with Gasteiger partial charge in [-0.15, -0.1) is 0 Å². The highest BCUT2D eigenvalue weighted by atomic mass is 16.4. The van der Waals surface area contributed by atoms with Crippen LogP contribution in [0.15, 0.2) is 60.7 Å². The first-order chi connectivity index (χ1) is 12.2.